The number of rotatable bonds is 5. The number of primary amides is 1. The molecule has 0 saturated carbocycles. The van der Waals surface area contributed by atoms with Crippen LogP contribution >= 0.6 is 0 Å². The van der Waals surface area contributed by atoms with Gasteiger partial charge in [0.25, 0.3) is 11.8 Å². The number of halogens is 1. The second-order valence-corrected chi connectivity index (χ2v) is 6.59. The maximum absolute atomic E-state index is 13.7. The van der Waals surface area contributed by atoms with Crippen LogP contribution in [0.1, 0.15) is 26.5 Å². The van der Waals surface area contributed by atoms with Crippen LogP contribution in [0.4, 0.5) is 10.1 Å². The van der Waals surface area contributed by atoms with Crippen LogP contribution in [0.15, 0.2) is 71.3 Å². The van der Waals surface area contributed by atoms with Crippen molar-refractivity contribution in [3.8, 4) is 17.1 Å². The minimum Gasteiger partial charge on any atom is -0.460 e. The van der Waals surface area contributed by atoms with Gasteiger partial charge in [-0.2, -0.15) is 5.10 Å². The molecule has 0 unspecified atom stereocenters. The maximum Gasteiger partial charge on any atom is 0.259 e. The molecule has 0 radical (unpaired) electrons. The Kier molecular flexibility index (Phi) is 4.89. The SMILES string of the molecule is Cc1ccc(-c2nn(-c3ccccc3)cc2C(=O)Nc2ccc(F)c(C(N)=O)c2)o1. The zero-order valence-corrected chi connectivity index (χ0v) is 15.9. The molecule has 4 aromatic rings. The average Bonchev–Trinajstić information content (AvgIpc) is 3.36. The van der Waals surface area contributed by atoms with Gasteiger partial charge in [0.05, 0.1) is 16.8 Å². The zero-order chi connectivity index (χ0) is 21.3. The van der Waals surface area contributed by atoms with Gasteiger partial charge < -0.3 is 15.5 Å². The van der Waals surface area contributed by atoms with E-state index in [1.54, 1.807) is 29.9 Å². The van der Waals surface area contributed by atoms with Crippen LogP contribution in [0.2, 0.25) is 0 Å². The van der Waals surface area contributed by atoms with E-state index in [9.17, 15) is 14.0 Å². The van der Waals surface area contributed by atoms with Crippen LogP contribution in [0, 0.1) is 12.7 Å². The molecule has 0 fully saturated rings. The highest BCUT2D eigenvalue weighted by Gasteiger charge is 2.21. The predicted octanol–water partition coefficient (Wildman–Crippen LogP) is 3.93. The number of amides is 2. The summed E-state index contributed by atoms with van der Waals surface area (Å²) in [5, 5.41) is 7.17. The molecule has 2 amide bonds. The number of nitrogens with one attached hydrogen (secondary N) is 1. The molecule has 30 heavy (non-hydrogen) atoms. The van der Waals surface area contributed by atoms with E-state index in [1.807, 2.05) is 30.3 Å². The Labute approximate surface area is 170 Å². The van der Waals surface area contributed by atoms with E-state index >= 15 is 0 Å². The number of hydrogen-bond acceptors (Lipinski definition) is 4. The van der Waals surface area contributed by atoms with Gasteiger partial charge in [0.15, 0.2) is 5.76 Å². The number of carbonyl (C=O) groups is 2. The fourth-order valence-corrected chi connectivity index (χ4v) is 2.99. The number of furan rings is 1. The minimum absolute atomic E-state index is 0.226. The summed E-state index contributed by atoms with van der Waals surface area (Å²) in [5.74, 6) is -1.07. The Morgan fingerprint density at radius 2 is 1.83 bits per heavy atom. The van der Waals surface area contributed by atoms with E-state index in [2.05, 4.69) is 10.4 Å². The summed E-state index contributed by atoms with van der Waals surface area (Å²) in [4.78, 5) is 24.4. The lowest BCUT2D eigenvalue weighted by Gasteiger charge is -2.07. The molecule has 2 heterocycles. The number of hydrogen-bond donors (Lipinski definition) is 2. The van der Waals surface area contributed by atoms with Gasteiger partial charge in [-0.1, -0.05) is 18.2 Å². The summed E-state index contributed by atoms with van der Waals surface area (Å²) >= 11 is 0. The van der Waals surface area contributed by atoms with Crippen molar-refractivity contribution in [1.82, 2.24) is 9.78 Å². The van der Waals surface area contributed by atoms with Crippen molar-refractivity contribution in [2.24, 2.45) is 5.73 Å². The first kappa shape index (κ1) is 19.1. The van der Waals surface area contributed by atoms with Crippen molar-refractivity contribution in [3.05, 3.63) is 89.6 Å². The minimum atomic E-state index is -0.924. The molecule has 0 atom stereocenters. The third-order valence-corrected chi connectivity index (χ3v) is 4.44. The number of nitrogens with two attached hydrogens (primary N) is 1. The molecule has 8 heteroatoms. The topological polar surface area (TPSA) is 103 Å². The largest absolute Gasteiger partial charge is 0.460 e. The lowest BCUT2D eigenvalue weighted by atomic mass is 10.1. The van der Waals surface area contributed by atoms with Crippen LogP contribution < -0.4 is 11.1 Å². The number of para-hydroxylation sites is 1. The second-order valence-electron chi connectivity index (χ2n) is 6.59. The lowest BCUT2D eigenvalue weighted by Crippen LogP contribution is -2.16. The van der Waals surface area contributed by atoms with Crippen molar-refractivity contribution in [1.29, 1.82) is 0 Å². The van der Waals surface area contributed by atoms with Gasteiger partial charge in [-0.25, -0.2) is 9.07 Å². The summed E-state index contributed by atoms with van der Waals surface area (Å²) in [7, 11) is 0. The van der Waals surface area contributed by atoms with Crippen molar-refractivity contribution in [2.45, 2.75) is 6.92 Å². The zero-order valence-electron chi connectivity index (χ0n) is 15.9. The molecule has 0 spiro atoms. The molecule has 3 N–H and O–H groups in total. The lowest BCUT2D eigenvalue weighted by molar-refractivity contribution is 0.0992. The van der Waals surface area contributed by atoms with Gasteiger partial charge in [-0.3, -0.25) is 9.59 Å². The Balaban J connectivity index is 1.73. The first-order chi connectivity index (χ1) is 14.4. The second kappa shape index (κ2) is 7.67. The van der Waals surface area contributed by atoms with E-state index in [0.29, 0.717) is 17.2 Å². The van der Waals surface area contributed by atoms with Gasteiger partial charge in [0, 0.05) is 11.9 Å². The highest BCUT2D eigenvalue weighted by atomic mass is 19.1. The summed E-state index contributed by atoms with van der Waals surface area (Å²) < 4.78 is 21.0. The molecular formula is C22H17FN4O3. The van der Waals surface area contributed by atoms with Gasteiger partial charge in [-0.05, 0) is 49.4 Å². The number of benzene rings is 2. The van der Waals surface area contributed by atoms with Crippen molar-refractivity contribution < 1.29 is 18.4 Å². The molecule has 0 aliphatic heterocycles. The first-order valence-electron chi connectivity index (χ1n) is 9.05. The molecule has 0 aliphatic carbocycles. The Bertz CT molecular complexity index is 1240. The average molecular weight is 404 g/mol. The van der Waals surface area contributed by atoms with E-state index in [4.69, 9.17) is 10.2 Å². The fraction of sp³-hybridized carbons (Fsp3) is 0.0455. The molecular weight excluding hydrogens is 387 g/mol. The summed E-state index contributed by atoms with van der Waals surface area (Å²) in [6.07, 6.45) is 1.58. The number of anilines is 1. The third-order valence-electron chi connectivity index (χ3n) is 4.44. The molecule has 0 saturated heterocycles. The summed E-state index contributed by atoms with van der Waals surface area (Å²) in [5.41, 5.74) is 6.45. The van der Waals surface area contributed by atoms with Gasteiger partial charge >= 0.3 is 0 Å². The van der Waals surface area contributed by atoms with Crippen molar-refractivity contribution in [3.63, 3.8) is 0 Å². The number of aromatic nitrogens is 2. The van der Waals surface area contributed by atoms with Gasteiger partial charge in [0.1, 0.15) is 17.3 Å². The van der Waals surface area contributed by atoms with E-state index in [0.717, 1.165) is 11.8 Å². The van der Waals surface area contributed by atoms with E-state index in [1.165, 1.54) is 12.1 Å². The maximum atomic E-state index is 13.7. The molecule has 0 aliphatic rings. The standard InChI is InChI=1S/C22H17FN4O3/c1-13-7-10-19(30-13)20-17(12-27(26-20)15-5-3-2-4-6-15)22(29)25-14-8-9-18(23)16(11-14)21(24)28/h2-12H,1H3,(H2,24,28)(H,25,29). The predicted molar refractivity (Wildman–Crippen MR) is 109 cm³/mol. The Morgan fingerprint density at radius 3 is 2.50 bits per heavy atom. The highest BCUT2D eigenvalue weighted by Crippen LogP contribution is 2.27. The number of nitrogens with zero attached hydrogens (tertiary/aromatic N) is 2. The molecule has 2 aromatic heterocycles. The molecule has 0 bridgehead atoms. The van der Waals surface area contributed by atoms with E-state index in [-0.39, 0.29) is 16.8 Å². The third kappa shape index (κ3) is 3.70. The van der Waals surface area contributed by atoms with Gasteiger partial charge in [-0.15, -0.1) is 0 Å². The molecule has 4 rings (SSSR count). The summed E-state index contributed by atoms with van der Waals surface area (Å²) in [6, 6.07) is 16.4. The van der Waals surface area contributed by atoms with Crippen LogP contribution in [-0.4, -0.2) is 21.6 Å². The fourth-order valence-electron chi connectivity index (χ4n) is 2.99. The van der Waals surface area contributed by atoms with Crippen LogP contribution in [0.3, 0.4) is 0 Å². The highest BCUT2D eigenvalue weighted by molar-refractivity contribution is 6.08. The van der Waals surface area contributed by atoms with E-state index < -0.39 is 17.6 Å². The molecule has 7 nitrogen and oxygen atoms in total. The van der Waals surface area contributed by atoms with Crippen molar-refractivity contribution >= 4 is 17.5 Å². The number of carbonyl (C=O) groups excluding carboxylic acids is 2. The normalized spacial score (nSPS) is 10.7. The smallest absolute Gasteiger partial charge is 0.259 e. The Hall–Kier alpha value is -4.20. The van der Waals surface area contributed by atoms with Crippen LogP contribution in [0.25, 0.3) is 17.1 Å². The monoisotopic (exact) mass is 404 g/mol. The quantitative estimate of drug-likeness (QED) is 0.526. The summed E-state index contributed by atoms with van der Waals surface area (Å²) in [6.45, 7) is 1.79. The van der Waals surface area contributed by atoms with Crippen LogP contribution in [0.5, 0.6) is 0 Å². The van der Waals surface area contributed by atoms with Crippen LogP contribution in [-0.2, 0) is 0 Å². The first-order valence-corrected chi connectivity index (χ1v) is 9.05. The van der Waals surface area contributed by atoms with Crippen molar-refractivity contribution in [2.75, 3.05) is 5.32 Å². The number of aryl methyl sites for hydroxylation is 1. The van der Waals surface area contributed by atoms with Gasteiger partial charge in [0.2, 0.25) is 0 Å². The Morgan fingerprint density at radius 1 is 1.07 bits per heavy atom. The molecule has 2 aromatic carbocycles. The molecule has 150 valence electrons.